The molecule has 2 aromatic rings. The van der Waals surface area contributed by atoms with Gasteiger partial charge in [0.1, 0.15) is 0 Å². The van der Waals surface area contributed by atoms with Gasteiger partial charge in [0.25, 0.3) is 0 Å². The predicted octanol–water partition coefficient (Wildman–Crippen LogP) is -0.304. The van der Waals surface area contributed by atoms with Crippen LogP contribution in [0, 0.1) is 0 Å². The molecule has 6 heteroatoms. The molecule has 1 unspecified atom stereocenters. The van der Waals surface area contributed by atoms with E-state index >= 15 is 0 Å². The zero-order chi connectivity index (χ0) is 9.97. The van der Waals surface area contributed by atoms with Crippen molar-refractivity contribution in [3.05, 3.63) is 35.9 Å². The minimum Gasteiger partial charge on any atom is -0.285 e. The largest absolute Gasteiger partial charge is 0.285 e. The number of aromatic nitrogens is 4. The molecule has 2 rings (SSSR count). The Kier molecular flexibility index (Phi) is 2.30. The molecule has 0 aromatic carbocycles. The summed E-state index contributed by atoms with van der Waals surface area (Å²) in [4.78, 5) is 0. The second kappa shape index (κ2) is 3.60. The third-order valence-corrected chi connectivity index (χ3v) is 2.05. The van der Waals surface area contributed by atoms with Crippen molar-refractivity contribution in [1.29, 1.82) is 0 Å². The van der Waals surface area contributed by atoms with Crippen molar-refractivity contribution in [1.82, 2.24) is 25.4 Å². The third kappa shape index (κ3) is 1.52. The van der Waals surface area contributed by atoms with Gasteiger partial charge in [0.2, 0.25) is 0 Å². The van der Waals surface area contributed by atoms with Gasteiger partial charge in [-0.1, -0.05) is 0 Å². The average molecular weight is 192 g/mol. The molecule has 0 spiro atoms. The Balaban J connectivity index is 2.31. The van der Waals surface area contributed by atoms with E-state index in [0.717, 1.165) is 11.3 Å². The van der Waals surface area contributed by atoms with Crippen LogP contribution >= 0.6 is 0 Å². The van der Waals surface area contributed by atoms with Crippen molar-refractivity contribution in [3.63, 3.8) is 0 Å². The fourth-order valence-corrected chi connectivity index (χ4v) is 1.36. The lowest BCUT2D eigenvalue weighted by molar-refractivity contribution is 0.604. The van der Waals surface area contributed by atoms with E-state index in [1.807, 2.05) is 19.3 Å². The normalized spacial score (nSPS) is 13.0. The standard InChI is InChI=1S/C8H12N6/c1-14-3-2-7(13-14)8(12-9)6-4-10-11-5-6/h2-5,8,12H,9H2,1H3,(H,10,11). The van der Waals surface area contributed by atoms with Crippen molar-refractivity contribution < 1.29 is 0 Å². The van der Waals surface area contributed by atoms with Crippen LogP contribution in [0.1, 0.15) is 17.3 Å². The maximum absolute atomic E-state index is 5.46. The summed E-state index contributed by atoms with van der Waals surface area (Å²) in [6.45, 7) is 0. The number of nitrogens with one attached hydrogen (secondary N) is 2. The summed E-state index contributed by atoms with van der Waals surface area (Å²) in [6.07, 6.45) is 5.39. The highest BCUT2D eigenvalue weighted by Gasteiger charge is 2.15. The highest BCUT2D eigenvalue weighted by atomic mass is 15.3. The molecule has 6 nitrogen and oxygen atoms in total. The summed E-state index contributed by atoms with van der Waals surface area (Å²) >= 11 is 0. The Hall–Kier alpha value is -1.66. The molecule has 0 aliphatic carbocycles. The number of nitrogens with zero attached hydrogens (tertiary/aromatic N) is 3. The van der Waals surface area contributed by atoms with Crippen LogP contribution in [0.4, 0.5) is 0 Å². The maximum atomic E-state index is 5.46. The van der Waals surface area contributed by atoms with Crippen LogP contribution in [0.2, 0.25) is 0 Å². The molecule has 2 aromatic heterocycles. The summed E-state index contributed by atoms with van der Waals surface area (Å²) in [5.41, 5.74) is 4.53. The minimum atomic E-state index is -0.116. The van der Waals surface area contributed by atoms with Crippen LogP contribution in [-0.4, -0.2) is 20.0 Å². The summed E-state index contributed by atoms with van der Waals surface area (Å²) in [6, 6.07) is 1.80. The van der Waals surface area contributed by atoms with Gasteiger partial charge in [-0.3, -0.25) is 15.6 Å². The first-order chi connectivity index (χ1) is 6.81. The molecular formula is C8H12N6. The van der Waals surface area contributed by atoms with E-state index in [9.17, 15) is 0 Å². The van der Waals surface area contributed by atoms with E-state index in [1.54, 1.807) is 17.1 Å². The lowest BCUT2D eigenvalue weighted by Crippen LogP contribution is -2.29. The first-order valence-electron chi connectivity index (χ1n) is 4.25. The minimum absolute atomic E-state index is 0.116. The van der Waals surface area contributed by atoms with Crippen LogP contribution in [0.3, 0.4) is 0 Å². The SMILES string of the molecule is Cn1ccc(C(NN)c2cn[nH]c2)n1. The van der Waals surface area contributed by atoms with E-state index < -0.39 is 0 Å². The van der Waals surface area contributed by atoms with E-state index in [2.05, 4.69) is 20.7 Å². The first-order valence-corrected chi connectivity index (χ1v) is 4.25. The Bertz CT molecular complexity index is 390. The zero-order valence-corrected chi connectivity index (χ0v) is 7.81. The van der Waals surface area contributed by atoms with Crippen LogP contribution in [0.15, 0.2) is 24.7 Å². The average Bonchev–Trinajstić information content (AvgIpc) is 2.79. The summed E-state index contributed by atoms with van der Waals surface area (Å²) in [5, 5.41) is 10.9. The van der Waals surface area contributed by atoms with Gasteiger partial charge < -0.3 is 0 Å². The fourth-order valence-electron chi connectivity index (χ4n) is 1.36. The number of hydrogen-bond donors (Lipinski definition) is 3. The molecule has 4 N–H and O–H groups in total. The molecule has 0 fully saturated rings. The van der Waals surface area contributed by atoms with Crippen molar-refractivity contribution in [2.75, 3.05) is 0 Å². The molecule has 14 heavy (non-hydrogen) atoms. The van der Waals surface area contributed by atoms with Crippen LogP contribution in [0.5, 0.6) is 0 Å². The molecule has 2 heterocycles. The topological polar surface area (TPSA) is 84.5 Å². The Morgan fingerprint density at radius 2 is 2.50 bits per heavy atom. The van der Waals surface area contributed by atoms with Crippen molar-refractivity contribution in [3.8, 4) is 0 Å². The van der Waals surface area contributed by atoms with Crippen LogP contribution in [-0.2, 0) is 7.05 Å². The Morgan fingerprint density at radius 1 is 1.64 bits per heavy atom. The van der Waals surface area contributed by atoms with E-state index in [0.29, 0.717) is 0 Å². The van der Waals surface area contributed by atoms with Gasteiger partial charge in [0.15, 0.2) is 0 Å². The number of aryl methyl sites for hydroxylation is 1. The smallest absolute Gasteiger partial charge is 0.0930 e. The monoisotopic (exact) mass is 192 g/mol. The highest BCUT2D eigenvalue weighted by molar-refractivity contribution is 5.21. The Morgan fingerprint density at radius 3 is 3.00 bits per heavy atom. The van der Waals surface area contributed by atoms with Gasteiger partial charge in [-0.15, -0.1) is 0 Å². The van der Waals surface area contributed by atoms with Gasteiger partial charge >= 0.3 is 0 Å². The van der Waals surface area contributed by atoms with Gasteiger partial charge in [0.05, 0.1) is 17.9 Å². The van der Waals surface area contributed by atoms with Gasteiger partial charge in [0, 0.05) is 25.0 Å². The molecular weight excluding hydrogens is 180 g/mol. The van der Waals surface area contributed by atoms with E-state index in [4.69, 9.17) is 5.84 Å². The van der Waals surface area contributed by atoms with Crippen LogP contribution < -0.4 is 11.3 Å². The Labute approximate surface area is 81.1 Å². The number of nitrogens with two attached hydrogens (primary N) is 1. The van der Waals surface area contributed by atoms with E-state index in [-0.39, 0.29) is 6.04 Å². The summed E-state index contributed by atoms with van der Waals surface area (Å²) in [5.74, 6) is 5.46. The summed E-state index contributed by atoms with van der Waals surface area (Å²) in [7, 11) is 1.87. The lowest BCUT2D eigenvalue weighted by atomic mass is 10.1. The molecule has 0 saturated carbocycles. The molecule has 0 aliphatic rings. The van der Waals surface area contributed by atoms with Gasteiger partial charge in [-0.2, -0.15) is 10.2 Å². The second-order valence-corrected chi connectivity index (χ2v) is 3.05. The number of aromatic amines is 1. The number of hydrazine groups is 1. The second-order valence-electron chi connectivity index (χ2n) is 3.05. The van der Waals surface area contributed by atoms with Crippen molar-refractivity contribution in [2.24, 2.45) is 12.9 Å². The maximum Gasteiger partial charge on any atom is 0.0930 e. The van der Waals surface area contributed by atoms with Gasteiger partial charge in [-0.05, 0) is 6.07 Å². The van der Waals surface area contributed by atoms with Crippen molar-refractivity contribution >= 4 is 0 Å². The van der Waals surface area contributed by atoms with Crippen molar-refractivity contribution in [2.45, 2.75) is 6.04 Å². The van der Waals surface area contributed by atoms with E-state index in [1.165, 1.54) is 0 Å². The molecule has 0 saturated heterocycles. The lowest BCUT2D eigenvalue weighted by Gasteiger charge is -2.10. The number of H-pyrrole nitrogens is 1. The van der Waals surface area contributed by atoms with Gasteiger partial charge in [-0.25, -0.2) is 5.43 Å². The molecule has 0 bridgehead atoms. The molecule has 0 radical (unpaired) electrons. The third-order valence-electron chi connectivity index (χ3n) is 2.05. The molecule has 0 aliphatic heterocycles. The van der Waals surface area contributed by atoms with Crippen LogP contribution in [0.25, 0.3) is 0 Å². The quantitative estimate of drug-likeness (QED) is 0.460. The molecule has 74 valence electrons. The molecule has 1 atom stereocenters. The zero-order valence-electron chi connectivity index (χ0n) is 7.81. The predicted molar refractivity (Wildman–Crippen MR) is 51.0 cm³/mol. The highest BCUT2D eigenvalue weighted by Crippen LogP contribution is 2.17. The summed E-state index contributed by atoms with van der Waals surface area (Å²) < 4.78 is 1.74. The number of rotatable bonds is 3. The first kappa shape index (κ1) is 8.92. The molecule has 0 amide bonds. The number of hydrogen-bond acceptors (Lipinski definition) is 4. The fraction of sp³-hybridized carbons (Fsp3) is 0.250.